The van der Waals surface area contributed by atoms with Gasteiger partial charge in [0, 0.05) is 12.6 Å². The van der Waals surface area contributed by atoms with Gasteiger partial charge in [-0.1, -0.05) is 6.07 Å². The average Bonchev–Trinajstić information content (AvgIpc) is 2.36. The van der Waals surface area contributed by atoms with Crippen molar-refractivity contribution in [1.29, 1.82) is 0 Å². The van der Waals surface area contributed by atoms with Crippen molar-refractivity contribution >= 4 is 21.6 Å². The Bertz CT molecular complexity index is 617. The summed E-state index contributed by atoms with van der Waals surface area (Å²) < 4.78 is 27.5. The van der Waals surface area contributed by atoms with Gasteiger partial charge in [0.1, 0.15) is 17.4 Å². The molecule has 0 aliphatic rings. The Balaban J connectivity index is 2.14. The van der Waals surface area contributed by atoms with Crippen molar-refractivity contribution in [1.82, 2.24) is 0 Å². The van der Waals surface area contributed by atoms with Gasteiger partial charge in [0.15, 0.2) is 0 Å². The molecular weight excluding hydrogens is 316 g/mol. The Hall–Kier alpha value is -1.62. The zero-order valence-electron chi connectivity index (χ0n) is 10.2. The number of aromatic hydroxyl groups is 1. The molecule has 0 heterocycles. The topological polar surface area (TPSA) is 32.3 Å². The van der Waals surface area contributed by atoms with E-state index < -0.39 is 11.6 Å². The summed E-state index contributed by atoms with van der Waals surface area (Å²) in [5.41, 5.74) is 1.23. The molecule has 2 aromatic rings. The zero-order valence-corrected chi connectivity index (χ0v) is 11.8. The van der Waals surface area contributed by atoms with E-state index in [-0.39, 0.29) is 17.0 Å². The molecule has 0 atom stereocenters. The monoisotopic (exact) mass is 327 g/mol. The minimum atomic E-state index is -0.489. The van der Waals surface area contributed by atoms with Crippen molar-refractivity contribution in [3.05, 3.63) is 57.6 Å². The van der Waals surface area contributed by atoms with Crippen LogP contribution in [0.1, 0.15) is 11.1 Å². The van der Waals surface area contributed by atoms with Gasteiger partial charge >= 0.3 is 0 Å². The summed E-state index contributed by atoms with van der Waals surface area (Å²) in [6, 6.07) is 7.25. The summed E-state index contributed by atoms with van der Waals surface area (Å²) in [7, 11) is 0. The lowest BCUT2D eigenvalue weighted by Gasteiger charge is -2.09. The Morgan fingerprint density at radius 3 is 2.58 bits per heavy atom. The lowest BCUT2D eigenvalue weighted by molar-refractivity contribution is 0.471. The van der Waals surface area contributed by atoms with Crippen LogP contribution in [0.15, 0.2) is 34.8 Å². The molecule has 2 rings (SSSR count). The van der Waals surface area contributed by atoms with E-state index in [0.29, 0.717) is 11.0 Å². The van der Waals surface area contributed by atoms with E-state index in [2.05, 4.69) is 21.2 Å². The summed E-state index contributed by atoms with van der Waals surface area (Å²) in [6.45, 7) is 1.84. The molecule has 19 heavy (non-hydrogen) atoms. The molecule has 0 radical (unpaired) electrons. The van der Waals surface area contributed by atoms with E-state index in [9.17, 15) is 13.9 Å². The minimum absolute atomic E-state index is 0.118. The first-order chi connectivity index (χ1) is 8.97. The van der Waals surface area contributed by atoms with Crippen molar-refractivity contribution in [2.24, 2.45) is 0 Å². The van der Waals surface area contributed by atoms with Crippen molar-refractivity contribution < 1.29 is 13.9 Å². The Morgan fingerprint density at radius 2 is 1.89 bits per heavy atom. The summed E-state index contributed by atoms with van der Waals surface area (Å²) in [6.07, 6.45) is 0. The number of benzene rings is 2. The number of rotatable bonds is 3. The van der Waals surface area contributed by atoms with Gasteiger partial charge in [-0.15, -0.1) is 0 Å². The van der Waals surface area contributed by atoms with Gasteiger partial charge < -0.3 is 10.4 Å². The van der Waals surface area contributed by atoms with Crippen LogP contribution in [-0.2, 0) is 6.54 Å². The SMILES string of the molecule is Cc1cc(F)c(NCc2ccc(O)c(Br)c2)cc1F. The van der Waals surface area contributed by atoms with Gasteiger partial charge in [0.25, 0.3) is 0 Å². The third kappa shape index (κ3) is 3.23. The van der Waals surface area contributed by atoms with Crippen molar-refractivity contribution in [3.63, 3.8) is 0 Å². The first-order valence-corrected chi connectivity index (χ1v) is 6.43. The summed E-state index contributed by atoms with van der Waals surface area (Å²) in [4.78, 5) is 0. The molecule has 0 spiro atoms. The number of hydrogen-bond acceptors (Lipinski definition) is 2. The van der Waals surface area contributed by atoms with Crippen LogP contribution < -0.4 is 5.32 Å². The van der Waals surface area contributed by atoms with Crippen LogP contribution >= 0.6 is 15.9 Å². The van der Waals surface area contributed by atoms with Crippen LogP contribution in [0.4, 0.5) is 14.5 Å². The van der Waals surface area contributed by atoms with Crippen LogP contribution in [0, 0.1) is 18.6 Å². The molecular formula is C14H12BrF2NO. The van der Waals surface area contributed by atoms with Gasteiger partial charge in [0.05, 0.1) is 10.2 Å². The van der Waals surface area contributed by atoms with E-state index in [1.54, 1.807) is 12.1 Å². The molecule has 5 heteroatoms. The predicted molar refractivity (Wildman–Crippen MR) is 74.2 cm³/mol. The second kappa shape index (κ2) is 5.57. The highest BCUT2D eigenvalue weighted by Crippen LogP contribution is 2.25. The lowest BCUT2D eigenvalue weighted by atomic mass is 10.2. The number of halogens is 3. The molecule has 2 N–H and O–H groups in total. The van der Waals surface area contributed by atoms with Crippen LogP contribution in [-0.4, -0.2) is 5.11 Å². The van der Waals surface area contributed by atoms with Gasteiger partial charge in [-0.25, -0.2) is 8.78 Å². The highest BCUT2D eigenvalue weighted by atomic mass is 79.9. The second-order valence-corrected chi connectivity index (χ2v) is 5.07. The first-order valence-electron chi connectivity index (χ1n) is 5.64. The number of nitrogens with one attached hydrogen (secondary N) is 1. The van der Waals surface area contributed by atoms with Gasteiger partial charge in [-0.2, -0.15) is 0 Å². The highest BCUT2D eigenvalue weighted by molar-refractivity contribution is 9.10. The molecule has 100 valence electrons. The standard InChI is InChI=1S/C14H12BrF2NO/c1-8-4-12(17)13(6-11(8)16)18-7-9-2-3-14(19)10(15)5-9/h2-6,18-19H,7H2,1H3. The maximum Gasteiger partial charge on any atom is 0.146 e. The fourth-order valence-corrected chi connectivity index (χ4v) is 2.07. The number of hydrogen-bond donors (Lipinski definition) is 2. The Labute approximate surface area is 118 Å². The number of phenolic OH excluding ortho intramolecular Hbond substituents is 1. The summed E-state index contributed by atoms with van der Waals surface area (Å²) in [5, 5.41) is 12.2. The van der Waals surface area contributed by atoms with Gasteiger partial charge in [-0.05, 0) is 52.2 Å². The van der Waals surface area contributed by atoms with Gasteiger partial charge in [0.2, 0.25) is 0 Å². The fraction of sp³-hybridized carbons (Fsp3) is 0.143. The summed E-state index contributed by atoms with van der Waals surface area (Å²) >= 11 is 3.20. The number of anilines is 1. The molecule has 2 aromatic carbocycles. The summed E-state index contributed by atoms with van der Waals surface area (Å²) in [5.74, 6) is -0.802. The van der Waals surface area contributed by atoms with E-state index >= 15 is 0 Å². The largest absolute Gasteiger partial charge is 0.507 e. The normalized spacial score (nSPS) is 10.5. The quantitative estimate of drug-likeness (QED) is 0.878. The van der Waals surface area contributed by atoms with E-state index in [0.717, 1.165) is 17.7 Å². The maximum absolute atomic E-state index is 13.6. The molecule has 0 aromatic heterocycles. The molecule has 0 fully saturated rings. The molecule has 0 saturated carbocycles. The number of aryl methyl sites for hydroxylation is 1. The van der Waals surface area contributed by atoms with Crippen LogP contribution in [0.5, 0.6) is 5.75 Å². The lowest BCUT2D eigenvalue weighted by Crippen LogP contribution is -2.02. The molecule has 0 unspecified atom stereocenters. The predicted octanol–water partition coefficient (Wildman–Crippen LogP) is 4.35. The fourth-order valence-electron chi connectivity index (χ4n) is 1.64. The zero-order chi connectivity index (χ0) is 14.0. The first kappa shape index (κ1) is 13.8. The molecule has 0 bridgehead atoms. The molecule has 0 saturated heterocycles. The van der Waals surface area contributed by atoms with Crippen LogP contribution in [0.3, 0.4) is 0 Å². The average molecular weight is 328 g/mol. The number of phenols is 1. The molecule has 0 amide bonds. The smallest absolute Gasteiger partial charge is 0.146 e. The Kier molecular flexibility index (Phi) is 4.04. The molecule has 0 aliphatic heterocycles. The Morgan fingerprint density at radius 1 is 1.16 bits per heavy atom. The van der Waals surface area contributed by atoms with E-state index in [1.807, 2.05) is 0 Å². The third-order valence-corrected chi connectivity index (χ3v) is 3.38. The van der Waals surface area contributed by atoms with Gasteiger partial charge in [-0.3, -0.25) is 0 Å². The van der Waals surface area contributed by atoms with E-state index in [1.165, 1.54) is 13.0 Å². The van der Waals surface area contributed by atoms with Crippen molar-refractivity contribution in [3.8, 4) is 5.75 Å². The van der Waals surface area contributed by atoms with Crippen LogP contribution in [0.25, 0.3) is 0 Å². The highest BCUT2D eigenvalue weighted by Gasteiger charge is 2.07. The third-order valence-electron chi connectivity index (χ3n) is 2.74. The molecule has 2 nitrogen and oxygen atoms in total. The second-order valence-electron chi connectivity index (χ2n) is 4.22. The van der Waals surface area contributed by atoms with Crippen molar-refractivity contribution in [2.75, 3.05) is 5.32 Å². The van der Waals surface area contributed by atoms with Crippen LogP contribution in [0.2, 0.25) is 0 Å². The van der Waals surface area contributed by atoms with Crippen molar-refractivity contribution in [2.45, 2.75) is 13.5 Å². The minimum Gasteiger partial charge on any atom is -0.507 e. The van der Waals surface area contributed by atoms with E-state index in [4.69, 9.17) is 0 Å². The molecule has 0 aliphatic carbocycles. The maximum atomic E-state index is 13.6.